The first-order chi connectivity index (χ1) is 8.54. The zero-order chi connectivity index (χ0) is 13.7. The summed E-state index contributed by atoms with van der Waals surface area (Å²) < 4.78 is 30.2. The first-order valence-electron chi connectivity index (χ1n) is 5.14. The van der Waals surface area contributed by atoms with E-state index in [4.69, 9.17) is 11.0 Å². The predicted octanol–water partition coefficient (Wildman–Crippen LogP) is 1.53. The SMILES string of the molecule is CCOC(=O)c1cc(C(F)F)c(CN)nc1C#N. The third-order valence-corrected chi connectivity index (χ3v) is 2.16. The van der Waals surface area contributed by atoms with Crippen molar-refractivity contribution < 1.29 is 18.3 Å². The predicted molar refractivity (Wildman–Crippen MR) is 57.8 cm³/mol. The molecule has 1 aromatic rings. The number of carbonyl (C=O) groups excluding carboxylic acids is 1. The minimum absolute atomic E-state index is 0.0757. The van der Waals surface area contributed by atoms with Crippen LogP contribution in [0.5, 0.6) is 0 Å². The van der Waals surface area contributed by atoms with Crippen molar-refractivity contribution in [3.63, 3.8) is 0 Å². The fourth-order valence-electron chi connectivity index (χ4n) is 1.37. The number of nitriles is 1. The third-order valence-electron chi connectivity index (χ3n) is 2.16. The zero-order valence-corrected chi connectivity index (χ0v) is 9.61. The molecule has 0 aliphatic carbocycles. The molecule has 0 radical (unpaired) electrons. The molecular formula is C11H11F2N3O2. The fraction of sp³-hybridized carbons (Fsp3) is 0.364. The maximum absolute atomic E-state index is 12.7. The molecule has 7 heteroatoms. The Kier molecular flexibility index (Phi) is 4.68. The molecule has 1 heterocycles. The first-order valence-corrected chi connectivity index (χ1v) is 5.14. The van der Waals surface area contributed by atoms with Crippen LogP contribution in [0.15, 0.2) is 6.07 Å². The van der Waals surface area contributed by atoms with Crippen molar-refractivity contribution in [2.75, 3.05) is 6.61 Å². The molecular weight excluding hydrogens is 244 g/mol. The number of rotatable bonds is 4. The van der Waals surface area contributed by atoms with Gasteiger partial charge < -0.3 is 10.5 Å². The number of halogens is 2. The van der Waals surface area contributed by atoms with Crippen molar-refractivity contribution in [3.05, 3.63) is 28.6 Å². The van der Waals surface area contributed by atoms with Crippen molar-refractivity contribution in [3.8, 4) is 6.07 Å². The number of carbonyl (C=O) groups is 1. The van der Waals surface area contributed by atoms with Gasteiger partial charge in [0.1, 0.15) is 6.07 Å². The second-order valence-corrected chi connectivity index (χ2v) is 3.26. The van der Waals surface area contributed by atoms with E-state index >= 15 is 0 Å². The van der Waals surface area contributed by atoms with E-state index in [1.54, 1.807) is 13.0 Å². The highest BCUT2D eigenvalue weighted by Gasteiger charge is 2.21. The van der Waals surface area contributed by atoms with E-state index in [1.165, 1.54) is 0 Å². The van der Waals surface area contributed by atoms with Crippen molar-refractivity contribution >= 4 is 5.97 Å². The van der Waals surface area contributed by atoms with E-state index in [9.17, 15) is 13.6 Å². The number of nitrogens with two attached hydrogens (primary N) is 1. The molecule has 96 valence electrons. The van der Waals surface area contributed by atoms with Crippen LogP contribution in [0.2, 0.25) is 0 Å². The number of pyridine rings is 1. The number of esters is 1. The molecule has 0 atom stereocenters. The summed E-state index contributed by atoms with van der Waals surface area (Å²) in [5, 5.41) is 8.84. The standard InChI is InChI=1S/C11H11F2N3O2/c1-2-18-11(17)7-3-6(10(12)13)8(4-14)16-9(7)5-15/h3,10H,2,4,14H2,1H3. The van der Waals surface area contributed by atoms with Gasteiger partial charge in [0.2, 0.25) is 0 Å². The van der Waals surface area contributed by atoms with Crippen LogP contribution >= 0.6 is 0 Å². The summed E-state index contributed by atoms with van der Waals surface area (Å²) in [5.74, 6) is -0.855. The molecule has 0 amide bonds. The van der Waals surface area contributed by atoms with E-state index in [0.717, 1.165) is 6.07 Å². The van der Waals surface area contributed by atoms with Gasteiger partial charge in [-0.05, 0) is 13.0 Å². The van der Waals surface area contributed by atoms with Crippen LogP contribution in [0.3, 0.4) is 0 Å². The maximum Gasteiger partial charge on any atom is 0.341 e. The summed E-state index contributed by atoms with van der Waals surface area (Å²) in [6.07, 6.45) is -2.82. The molecule has 0 aliphatic rings. The van der Waals surface area contributed by atoms with Gasteiger partial charge in [-0.3, -0.25) is 0 Å². The quantitative estimate of drug-likeness (QED) is 0.824. The summed E-state index contributed by atoms with van der Waals surface area (Å²) in [5.41, 5.74) is 4.18. The second-order valence-electron chi connectivity index (χ2n) is 3.26. The number of alkyl halides is 2. The second kappa shape index (κ2) is 6.02. The Labute approximate surface area is 102 Å². The molecule has 0 saturated carbocycles. The van der Waals surface area contributed by atoms with Gasteiger partial charge in [0, 0.05) is 12.1 Å². The number of hydrogen-bond donors (Lipinski definition) is 1. The summed E-state index contributed by atoms with van der Waals surface area (Å²) in [7, 11) is 0. The monoisotopic (exact) mass is 255 g/mol. The minimum atomic E-state index is -2.82. The largest absolute Gasteiger partial charge is 0.462 e. The fourth-order valence-corrected chi connectivity index (χ4v) is 1.37. The number of aromatic nitrogens is 1. The lowest BCUT2D eigenvalue weighted by atomic mass is 10.1. The van der Waals surface area contributed by atoms with Gasteiger partial charge >= 0.3 is 5.97 Å². The third kappa shape index (κ3) is 2.78. The Bertz CT molecular complexity index is 498. The van der Waals surface area contributed by atoms with E-state index < -0.39 is 18.0 Å². The number of ether oxygens (including phenoxy) is 1. The van der Waals surface area contributed by atoms with Gasteiger partial charge in [-0.2, -0.15) is 5.26 Å². The topological polar surface area (TPSA) is 89.0 Å². The normalized spacial score (nSPS) is 10.2. The van der Waals surface area contributed by atoms with Crippen LogP contribution in [0.4, 0.5) is 8.78 Å². The molecule has 0 aromatic carbocycles. The van der Waals surface area contributed by atoms with Gasteiger partial charge in [0.05, 0.1) is 17.9 Å². The van der Waals surface area contributed by atoms with Gasteiger partial charge in [0.15, 0.2) is 5.69 Å². The summed E-state index contributed by atoms with van der Waals surface area (Å²) in [4.78, 5) is 15.2. The lowest BCUT2D eigenvalue weighted by Crippen LogP contribution is -2.13. The molecule has 18 heavy (non-hydrogen) atoms. The minimum Gasteiger partial charge on any atom is -0.462 e. The smallest absolute Gasteiger partial charge is 0.341 e. The summed E-state index contributed by atoms with van der Waals surface area (Å²) >= 11 is 0. The Morgan fingerprint density at radius 1 is 1.67 bits per heavy atom. The van der Waals surface area contributed by atoms with Crippen LogP contribution in [-0.2, 0) is 11.3 Å². The molecule has 0 saturated heterocycles. The van der Waals surface area contributed by atoms with Gasteiger partial charge in [-0.25, -0.2) is 18.6 Å². The molecule has 0 bridgehead atoms. The Morgan fingerprint density at radius 2 is 2.33 bits per heavy atom. The first kappa shape index (κ1) is 14.0. The van der Waals surface area contributed by atoms with Crippen LogP contribution in [0, 0.1) is 11.3 Å². The number of nitrogens with zero attached hydrogens (tertiary/aromatic N) is 2. The van der Waals surface area contributed by atoms with Crippen LogP contribution in [0.1, 0.15) is 40.7 Å². The maximum atomic E-state index is 12.7. The van der Waals surface area contributed by atoms with E-state index in [1.807, 2.05) is 0 Å². The highest BCUT2D eigenvalue weighted by molar-refractivity contribution is 5.91. The highest BCUT2D eigenvalue weighted by atomic mass is 19.3. The van der Waals surface area contributed by atoms with Crippen LogP contribution in [0.25, 0.3) is 0 Å². The van der Waals surface area contributed by atoms with Crippen molar-refractivity contribution in [2.24, 2.45) is 5.73 Å². The van der Waals surface area contributed by atoms with E-state index in [-0.39, 0.29) is 30.1 Å². The van der Waals surface area contributed by atoms with Crippen molar-refractivity contribution in [2.45, 2.75) is 19.9 Å². The Hall–Kier alpha value is -2.07. The lowest BCUT2D eigenvalue weighted by molar-refractivity contribution is 0.0525. The van der Waals surface area contributed by atoms with E-state index in [0.29, 0.717) is 0 Å². The zero-order valence-electron chi connectivity index (χ0n) is 9.61. The average molecular weight is 255 g/mol. The summed E-state index contributed by atoms with van der Waals surface area (Å²) in [6, 6.07) is 2.58. The molecule has 0 unspecified atom stereocenters. The average Bonchev–Trinajstić information content (AvgIpc) is 2.37. The van der Waals surface area contributed by atoms with Crippen molar-refractivity contribution in [1.82, 2.24) is 4.98 Å². The van der Waals surface area contributed by atoms with Crippen molar-refractivity contribution in [1.29, 1.82) is 5.26 Å². The Morgan fingerprint density at radius 3 is 2.78 bits per heavy atom. The molecule has 1 aromatic heterocycles. The molecule has 0 spiro atoms. The molecule has 1 rings (SSSR count). The summed E-state index contributed by atoms with van der Waals surface area (Å²) in [6.45, 7) is 1.41. The lowest BCUT2D eigenvalue weighted by Gasteiger charge is -2.10. The highest BCUT2D eigenvalue weighted by Crippen LogP contribution is 2.24. The van der Waals surface area contributed by atoms with Crippen LogP contribution < -0.4 is 5.73 Å². The van der Waals surface area contributed by atoms with Crippen LogP contribution in [-0.4, -0.2) is 17.6 Å². The molecule has 0 aliphatic heterocycles. The molecule has 2 N–H and O–H groups in total. The molecule has 5 nitrogen and oxygen atoms in total. The van der Waals surface area contributed by atoms with E-state index in [2.05, 4.69) is 9.72 Å². The van der Waals surface area contributed by atoms with Gasteiger partial charge in [-0.15, -0.1) is 0 Å². The molecule has 0 fully saturated rings. The number of hydrogen-bond acceptors (Lipinski definition) is 5. The van der Waals surface area contributed by atoms with Gasteiger partial charge in [-0.1, -0.05) is 0 Å². The Balaban J connectivity index is 3.37. The van der Waals surface area contributed by atoms with Gasteiger partial charge in [0.25, 0.3) is 6.43 Å².